The number of likely N-dealkylation sites (N-methyl/N-ethyl adjacent to an activating group) is 1. The van der Waals surface area contributed by atoms with Gasteiger partial charge in [0.15, 0.2) is 17.2 Å². The molecular weight excluding hydrogens is 328 g/mol. The highest BCUT2D eigenvalue weighted by Gasteiger charge is 2.13. The van der Waals surface area contributed by atoms with Gasteiger partial charge in [-0.3, -0.25) is 0 Å². The van der Waals surface area contributed by atoms with Crippen LogP contribution in [-0.2, 0) is 0 Å². The average molecular weight is 350 g/mol. The number of carboxylic acids is 1. The lowest BCUT2D eigenvalue weighted by atomic mass is 10.2. The van der Waals surface area contributed by atoms with E-state index in [0.717, 1.165) is 25.2 Å². The van der Waals surface area contributed by atoms with Gasteiger partial charge in [-0.05, 0) is 31.3 Å². The van der Waals surface area contributed by atoms with Crippen molar-refractivity contribution in [1.82, 2.24) is 9.88 Å². The van der Waals surface area contributed by atoms with Gasteiger partial charge in [-0.2, -0.15) is 0 Å². The van der Waals surface area contributed by atoms with E-state index in [1.54, 1.807) is 7.11 Å². The standard InChI is InChI=1S/C17H22N2O4S/c1-4-19(5-2)8-9-23-14-7-6-12(10-15(14)22-3)16-18-13(11-24-16)17(20)21/h6-7,10-11H,4-5,8-9H2,1-3H3,(H,20,21). The number of benzene rings is 1. The lowest BCUT2D eigenvalue weighted by molar-refractivity contribution is 0.0691. The molecule has 0 saturated carbocycles. The molecular formula is C17H22N2O4S. The monoisotopic (exact) mass is 350 g/mol. The van der Waals surface area contributed by atoms with Crippen molar-refractivity contribution < 1.29 is 19.4 Å². The zero-order valence-corrected chi connectivity index (χ0v) is 14.9. The van der Waals surface area contributed by atoms with Gasteiger partial charge >= 0.3 is 5.97 Å². The SMILES string of the molecule is CCN(CC)CCOc1ccc(-c2nc(C(=O)O)cs2)cc1OC. The van der Waals surface area contributed by atoms with Crippen LogP contribution in [0.3, 0.4) is 0 Å². The van der Waals surface area contributed by atoms with Crippen molar-refractivity contribution in [3.8, 4) is 22.1 Å². The van der Waals surface area contributed by atoms with Crippen LogP contribution in [0, 0.1) is 0 Å². The highest BCUT2D eigenvalue weighted by Crippen LogP contribution is 2.33. The molecule has 0 unspecified atom stereocenters. The first-order valence-electron chi connectivity index (χ1n) is 7.81. The molecule has 2 aromatic rings. The van der Waals surface area contributed by atoms with E-state index in [2.05, 4.69) is 23.7 Å². The number of thiazole rings is 1. The van der Waals surface area contributed by atoms with E-state index in [-0.39, 0.29) is 5.69 Å². The Labute approximate surface area is 145 Å². The number of nitrogens with zero attached hydrogens (tertiary/aromatic N) is 2. The molecule has 2 rings (SSSR count). The predicted octanol–water partition coefficient (Wildman–Crippen LogP) is 3.24. The number of rotatable bonds is 9. The first-order chi connectivity index (χ1) is 11.6. The van der Waals surface area contributed by atoms with Crippen LogP contribution >= 0.6 is 11.3 Å². The van der Waals surface area contributed by atoms with E-state index in [0.29, 0.717) is 23.1 Å². The molecule has 0 bridgehead atoms. The van der Waals surface area contributed by atoms with E-state index in [9.17, 15) is 4.79 Å². The summed E-state index contributed by atoms with van der Waals surface area (Å²) in [6.45, 7) is 7.67. The largest absolute Gasteiger partial charge is 0.493 e. The van der Waals surface area contributed by atoms with Gasteiger partial charge < -0.3 is 19.5 Å². The second kappa shape index (κ2) is 8.65. The Morgan fingerprint density at radius 3 is 2.62 bits per heavy atom. The lowest BCUT2D eigenvalue weighted by Crippen LogP contribution is -2.27. The molecule has 1 aromatic carbocycles. The summed E-state index contributed by atoms with van der Waals surface area (Å²) >= 11 is 1.29. The van der Waals surface area contributed by atoms with Crippen LogP contribution in [0.2, 0.25) is 0 Å². The molecule has 0 radical (unpaired) electrons. The highest BCUT2D eigenvalue weighted by molar-refractivity contribution is 7.13. The molecule has 0 fully saturated rings. The summed E-state index contributed by atoms with van der Waals surface area (Å²) in [5.74, 6) is 0.253. The fourth-order valence-corrected chi connectivity index (χ4v) is 3.04. The van der Waals surface area contributed by atoms with Crippen molar-refractivity contribution in [2.24, 2.45) is 0 Å². The smallest absolute Gasteiger partial charge is 0.355 e. The summed E-state index contributed by atoms with van der Waals surface area (Å²) in [5, 5.41) is 11.1. The quantitative estimate of drug-likeness (QED) is 0.748. The van der Waals surface area contributed by atoms with Crippen LogP contribution in [0.5, 0.6) is 11.5 Å². The number of aromatic nitrogens is 1. The minimum atomic E-state index is -1.03. The lowest BCUT2D eigenvalue weighted by Gasteiger charge is -2.18. The Morgan fingerprint density at radius 1 is 1.29 bits per heavy atom. The van der Waals surface area contributed by atoms with E-state index in [1.165, 1.54) is 16.7 Å². The molecule has 1 heterocycles. The van der Waals surface area contributed by atoms with Crippen LogP contribution in [-0.4, -0.2) is 54.3 Å². The number of carboxylic acid groups (broad SMARTS) is 1. The molecule has 0 spiro atoms. The van der Waals surface area contributed by atoms with Gasteiger partial charge in [0.1, 0.15) is 11.6 Å². The molecule has 1 aromatic heterocycles. The number of ether oxygens (including phenoxy) is 2. The maximum absolute atomic E-state index is 10.9. The molecule has 7 heteroatoms. The van der Waals surface area contributed by atoms with Gasteiger partial charge in [-0.15, -0.1) is 11.3 Å². The van der Waals surface area contributed by atoms with Gasteiger partial charge in [0.25, 0.3) is 0 Å². The van der Waals surface area contributed by atoms with Gasteiger partial charge in [0.2, 0.25) is 0 Å². The van der Waals surface area contributed by atoms with Crippen molar-refractivity contribution in [2.75, 3.05) is 33.4 Å². The van der Waals surface area contributed by atoms with E-state index >= 15 is 0 Å². The van der Waals surface area contributed by atoms with Crippen LogP contribution in [0.1, 0.15) is 24.3 Å². The first kappa shape index (κ1) is 18.2. The molecule has 130 valence electrons. The van der Waals surface area contributed by atoms with Gasteiger partial charge in [0, 0.05) is 17.5 Å². The molecule has 0 aliphatic carbocycles. The van der Waals surface area contributed by atoms with E-state index in [1.807, 2.05) is 18.2 Å². The Morgan fingerprint density at radius 2 is 2.04 bits per heavy atom. The van der Waals surface area contributed by atoms with Crippen LogP contribution in [0.15, 0.2) is 23.6 Å². The van der Waals surface area contributed by atoms with Crippen molar-refractivity contribution >= 4 is 17.3 Å². The Hall–Kier alpha value is -2.12. The van der Waals surface area contributed by atoms with E-state index < -0.39 is 5.97 Å². The third-order valence-electron chi connectivity index (χ3n) is 3.69. The molecule has 0 amide bonds. The summed E-state index contributed by atoms with van der Waals surface area (Å²) < 4.78 is 11.2. The van der Waals surface area contributed by atoms with Crippen LogP contribution in [0.25, 0.3) is 10.6 Å². The predicted molar refractivity (Wildman–Crippen MR) is 94.3 cm³/mol. The summed E-state index contributed by atoms with van der Waals surface area (Å²) in [6.07, 6.45) is 0. The molecule has 6 nitrogen and oxygen atoms in total. The molecule has 0 atom stereocenters. The van der Waals surface area contributed by atoms with Crippen LogP contribution < -0.4 is 9.47 Å². The number of carbonyl (C=O) groups is 1. The zero-order chi connectivity index (χ0) is 17.5. The maximum Gasteiger partial charge on any atom is 0.355 e. The summed E-state index contributed by atoms with van der Waals surface area (Å²) in [5.41, 5.74) is 0.856. The fourth-order valence-electron chi connectivity index (χ4n) is 2.25. The highest BCUT2D eigenvalue weighted by atomic mass is 32.1. The van der Waals surface area contributed by atoms with Gasteiger partial charge in [-0.1, -0.05) is 13.8 Å². The summed E-state index contributed by atoms with van der Waals surface area (Å²) in [6, 6.07) is 5.51. The third kappa shape index (κ3) is 4.46. The normalized spacial score (nSPS) is 10.8. The van der Waals surface area contributed by atoms with Crippen molar-refractivity contribution in [3.63, 3.8) is 0 Å². The van der Waals surface area contributed by atoms with E-state index in [4.69, 9.17) is 14.6 Å². The molecule has 0 aliphatic heterocycles. The Kier molecular flexibility index (Phi) is 6.57. The number of methoxy groups -OCH3 is 1. The van der Waals surface area contributed by atoms with Gasteiger partial charge in [0.05, 0.1) is 7.11 Å². The van der Waals surface area contributed by atoms with Crippen LogP contribution in [0.4, 0.5) is 0 Å². The minimum Gasteiger partial charge on any atom is -0.493 e. The topological polar surface area (TPSA) is 71.9 Å². The van der Waals surface area contributed by atoms with Gasteiger partial charge in [-0.25, -0.2) is 9.78 Å². The fraction of sp³-hybridized carbons (Fsp3) is 0.412. The zero-order valence-electron chi connectivity index (χ0n) is 14.1. The molecule has 1 N–H and O–H groups in total. The summed E-state index contributed by atoms with van der Waals surface area (Å²) in [4.78, 5) is 17.3. The van der Waals surface area contributed by atoms with Crippen molar-refractivity contribution in [3.05, 3.63) is 29.3 Å². The average Bonchev–Trinajstić information content (AvgIpc) is 3.09. The minimum absolute atomic E-state index is 0.0496. The van der Waals surface area contributed by atoms with Crippen molar-refractivity contribution in [2.45, 2.75) is 13.8 Å². The third-order valence-corrected chi connectivity index (χ3v) is 4.58. The maximum atomic E-state index is 10.9. The van der Waals surface area contributed by atoms with Crippen molar-refractivity contribution in [1.29, 1.82) is 0 Å². The Balaban J connectivity index is 2.10. The first-order valence-corrected chi connectivity index (χ1v) is 8.69. The number of hydrogen-bond acceptors (Lipinski definition) is 6. The number of hydrogen-bond donors (Lipinski definition) is 1. The Bertz CT molecular complexity index is 683. The molecule has 0 saturated heterocycles. The molecule has 0 aliphatic rings. The number of aromatic carboxylic acids is 1. The second-order valence-corrected chi connectivity index (χ2v) is 5.94. The second-order valence-electron chi connectivity index (χ2n) is 5.08. The molecule has 24 heavy (non-hydrogen) atoms. The summed E-state index contributed by atoms with van der Waals surface area (Å²) in [7, 11) is 1.58.